The third kappa shape index (κ3) is 3.78. The predicted molar refractivity (Wildman–Crippen MR) is 106 cm³/mol. The smallest absolute Gasteiger partial charge is 0.228 e. The maximum absolute atomic E-state index is 13.0. The van der Waals surface area contributed by atoms with E-state index >= 15 is 0 Å². The largest absolute Gasteiger partial charge is 0.550 e. The molecule has 154 valence electrons. The number of carboxylic acids is 2. The second-order valence-electron chi connectivity index (χ2n) is 7.70. The molecule has 1 saturated carbocycles. The van der Waals surface area contributed by atoms with Gasteiger partial charge in [-0.2, -0.15) is 0 Å². The number of allylic oxidation sites excluding steroid dienone is 2. The minimum atomic E-state index is -1.37. The third-order valence-corrected chi connectivity index (χ3v) is 5.87. The van der Waals surface area contributed by atoms with Gasteiger partial charge in [0, 0.05) is 18.4 Å². The van der Waals surface area contributed by atoms with Crippen LogP contribution in [0.2, 0.25) is 0 Å². The van der Waals surface area contributed by atoms with Gasteiger partial charge in [0.2, 0.25) is 5.91 Å². The van der Waals surface area contributed by atoms with Gasteiger partial charge < -0.3 is 30.4 Å². The molecule has 2 aromatic carbocycles. The fourth-order valence-corrected chi connectivity index (χ4v) is 4.44. The van der Waals surface area contributed by atoms with E-state index in [2.05, 4.69) is 10.6 Å². The van der Waals surface area contributed by atoms with Crippen LogP contribution in [0.4, 0.5) is 11.4 Å². The van der Waals surface area contributed by atoms with Crippen LogP contribution in [-0.4, -0.2) is 17.8 Å². The highest BCUT2D eigenvalue weighted by Crippen LogP contribution is 2.48. The summed E-state index contributed by atoms with van der Waals surface area (Å²) < 4.78 is 0. The molecule has 2 aliphatic rings. The maximum Gasteiger partial charge on any atom is 0.228 e. The van der Waals surface area contributed by atoms with Gasteiger partial charge in [0.25, 0.3) is 0 Å². The monoisotopic (exact) mass is 404 g/mol. The summed E-state index contributed by atoms with van der Waals surface area (Å²) in [6.07, 6.45) is 4.31. The molecule has 2 N–H and O–H groups in total. The van der Waals surface area contributed by atoms with Crippen molar-refractivity contribution in [3.05, 3.63) is 71.8 Å². The number of benzene rings is 2. The minimum absolute atomic E-state index is 0.0835. The summed E-state index contributed by atoms with van der Waals surface area (Å²) in [5.41, 5.74) is 1.72. The Labute approximate surface area is 173 Å². The molecular formula is C23H20N2O5-2. The van der Waals surface area contributed by atoms with Gasteiger partial charge in [0.1, 0.15) is 0 Å². The van der Waals surface area contributed by atoms with E-state index < -0.39 is 29.7 Å². The zero-order chi connectivity index (χ0) is 21.3. The quantitative estimate of drug-likeness (QED) is 0.658. The van der Waals surface area contributed by atoms with Crippen molar-refractivity contribution in [2.24, 2.45) is 23.7 Å². The number of rotatable bonds is 7. The first-order valence-electron chi connectivity index (χ1n) is 9.77. The fourth-order valence-electron chi connectivity index (χ4n) is 4.44. The molecule has 0 radical (unpaired) electrons. The Hall–Kier alpha value is -3.61. The number of carboxylic acid groups (broad SMARTS) is 2. The number of aliphatic carboxylic acids is 1. The van der Waals surface area contributed by atoms with Crippen molar-refractivity contribution in [2.75, 3.05) is 10.6 Å². The lowest BCUT2D eigenvalue weighted by Crippen LogP contribution is -2.43. The molecule has 0 aliphatic heterocycles. The van der Waals surface area contributed by atoms with Crippen molar-refractivity contribution in [3.8, 4) is 0 Å². The number of hydrogen-bond donors (Lipinski definition) is 2. The summed E-state index contributed by atoms with van der Waals surface area (Å²) in [5.74, 6) is -5.07. The molecule has 1 amide bonds. The Balaban J connectivity index is 1.57. The van der Waals surface area contributed by atoms with Crippen LogP contribution in [0, 0.1) is 23.7 Å². The second kappa shape index (κ2) is 8.02. The Morgan fingerprint density at radius 2 is 1.60 bits per heavy atom. The molecule has 30 heavy (non-hydrogen) atoms. The average molecular weight is 404 g/mol. The van der Waals surface area contributed by atoms with E-state index in [0.717, 1.165) is 5.56 Å². The number of anilines is 2. The highest BCUT2D eigenvalue weighted by Gasteiger charge is 2.48. The Bertz CT molecular complexity index is 1020. The standard InChI is InChI=1S/C23H22N2O5/c26-21(19-14-6-7-15(10-14)20(19)23(29)30)25-18-11-16(22(27)28)8-9-17(18)24-12-13-4-2-1-3-5-13/h1-9,11,14-15,19-20,24H,10,12H2,(H,25,26)(H,27,28)(H,29,30)/p-2/t14-,15+,19+,20+/m1/s1. The third-order valence-electron chi connectivity index (χ3n) is 5.87. The Morgan fingerprint density at radius 3 is 2.27 bits per heavy atom. The van der Waals surface area contributed by atoms with Crippen LogP contribution in [0.1, 0.15) is 22.3 Å². The fraction of sp³-hybridized carbons (Fsp3) is 0.261. The Kier molecular flexibility index (Phi) is 5.27. The van der Waals surface area contributed by atoms with Crippen LogP contribution >= 0.6 is 0 Å². The van der Waals surface area contributed by atoms with Crippen molar-refractivity contribution in [1.82, 2.24) is 0 Å². The molecule has 2 aliphatic carbocycles. The summed E-state index contributed by atoms with van der Waals surface area (Å²) in [4.78, 5) is 35.9. The highest BCUT2D eigenvalue weighted by molar-refractivity contribution is 6.00. The van der Waals surface area contributed by atoms with Crippen molar-refractivity contribution >= 4 is 29.2 Å². The predicted octanol–water partition coefficient (Wildman–Crippen LogP) is 0.789. The number of carbonyl (C=O) groups excluding carboxylic acids is 3. The number of hydrogen-bond acceptors (Lipinski definition) is 6. The van der Waals surface area contributed by atoms with E-state index in [9.17, 15) is 24.6 Å². The van der Waals surface area contributed by atoms with Crippen LogP contribution in [0.3, 0.4) is 0 Å². The van der Waals surface area contributed by atoms with Crippen LogP contribution in [0.25, 0.3) is 0 Å². The molecule has 2 bridgehead atoms. The van der Waals surface area contributed by atoms with Crippen molar-refractivity contribution in [2.45, 2.75) is 13.0 Å². The van der Waals surface area contributed by atoms with Crippen molar-refractivity contribution < 1.29 is 24.6 Å². The molecule has 0 spiro atoms. The zero-order valence-corrected chi connectivity index (χ0v) is 16.0. The van der Waals surface area contributed by atoms with Gasteiger partial charge >= 0.3 is 0 Å². The van der Waals surface area contributed by atoms with Gasteiger partial charge in [0.15, 0.2) is 0 Å². The average Bonchev–Trinajstić information content (AvgIpc) is 3.35. The summed E-state index contributed by atoms with van der Waals surface area (Å²) >= 11 is 0. The van der Waals surface area contributed by atoms with Gasteiger partial charge in [-0.05, 0) is 41.5 Å². The normalized spacial score (nSPS) is 23.9. The van der Waals surface area contributed by atoms with Crippen LogP contribution in [-0.2, 0) is 16.1 Å². The SMILES string of the molecule is O=C([O-])c1ccc(NCc2ccccc2)c(NC(=O)[C@@H]2[C@@H](C(=O)[O-])[C@H]3C=C[C@@H]2C3)c1. The molecule has 1 fully saturated rings. The van der Waals surface area contributed by atoms with Gasteiger partial charge in [-0.3, -0.25) is 4.79 Å². The first kappa shape index (κ1) is 19.7. The molecule has 0 saturated heterocycles. The van der Waals surface area contributed by atoms with Crippen molar-refractivity contribution in [3.63, 3.8) is 0 Å². The van der Waals surface area contributed by atoms with E-state index in [4.69, 9.17) is 0 Å². The Morgan fingerprint density at radius 1 is 0.900 bits per heavy atom. The molecule has 7 heteroatoms. The number of fused-ring (bicyclic) bond motifs is 2. The van der Waals surface area contributed by atoms with E-state index in [1.54, 1.807) is 6.07 Å². The lowest BCUT2D eigenvalue weighted by atomic mass is 9.82. The number of amides is 1. The van der Waals surface area contributed by atoms with E-state index in [-0.39, 0.29) is 23.1 Å². The second-order valence-corrected chi connectivity index (χ2v) is 7.70. The minimum Gasteiger partial charge on any atom is -0.550 e. The van der Waals surface area contributed by atoms with Crippen LogP contribution in [0.15, 0.2) is 60.7 Å². The molecule has 7 nitrogen and oxygen atoms in total. The maximum atomic E-state index is 13.0. The molecule has 0 unspecified atom stereocenters. The molecule has 4 atom stereocenters. The van der Waals surface area contributed by atoms with E-state index in [0.29, 0.717) is 18.7 Å². The number of aromatic carboxylic acids is 1. The van der Waals surface area contributed by atoms with Gasteiger partial charge in [-0.25, -0.2) is 0 Å². The zero-order valence-electron chi connectivity index (χ0n) is 16.0. The summed E-state index contributed by atoms with van der Waals surface area (Å²) in [7, 11) is 0. The van der Waals surface area contributed by atoms with Gasteiger partial charge in [0.05, 0.1) is 23.3 Å². The first-order valence-corrected chi connectivity index (χ1v) is 9.77. The van der Waals surface area contributed by atoms with Crippen LogP contribution in [0.5, 0.6) is 0 Å². The van der Waals surface area contributed by atoms with Gasteiger partial charge in [-0.15, -0.1) is 0 Å². The lowest BCUT2D eigenvalue weighted by molar-refractivity contribution is -0.313. The first-order chi connectivity index (χ1) is 14.4. The molecule has 0 aromatic heterocycles. The molecule has 0 heterocycles. The molecular weight excluding hydrogens is 384 g/mol. The molecule has 4 rings (SSSR count). The number of carbonyl (C=O) groups is 3. The lowest BCUT2D eigenvalue weighted by Gasteiger charge is -2.28. The topological polar surface area (TPSA) is 121 Å². The van der Waals surface area contributed by atoms with E-state index in [1.807, 2.05) is 42.5 Å². The van der Waals surface area contributed by atoms with Crippen LogP contribution < -0.4 is 20.8 Å². The molecule has 2 aromatic rings. The summed E-state index contributed by atoms with van der Waals surface area (Å²) in [5, 5.41) is 28.8. The summed E-state index contributed by atoms with van der Waals surface area (Å²) in [6, 6.07) is 13.9. The van der Waals surface area contributed by atoms with E-state index in [1.165, 1.54) is 12.1 Å². The van der Waals surface area contributed by atoms with Gasteiger partial charge in [-0.1, -0.05) is 48.6 Å². The highest BCUT2D eigenvalue weighted by atomic mass is 16.4. The van der Waals surface area contributed by atoms with Crippen molar-refractivity contribution in [1.29, 1.82) is 0 Å². The summed E-state index contributed by atoms with van der Waals surface area (Å²) in [6.45, 7) is 0.465. The number of nitrogens with one attached hydrogen (secondary N) is 2.